The summed E-state index contributed by atoms with van der Waals surface area (Å²) in [5.74, 6) is 1.87. The number of nitrogens with zero attached hydrogens (tertiary/aromatic N) is 1. The van der Waals surface area contributed by atoms with Crippen LogP contribution in [0.3, 0.4) is 0 Å². The molecule has 106 valence electrons. The van der Waals surface area contributed by atoms with E-state index in [0.29, 0.717) is 23.2 Å². The Bertz CT molecular complexity index is 590. The third kappa shape index (κ3) is 3.85. The SMILES string of the molecule is Cc1cc(NC(=O)COc2cccc(C(C)C)c2)no1. The van der Waals surface area contributed by atoms with Crippen molar-refractivity contribution >= 4 is 11.7 Å². The molecule has 0 aliphatic heterocycles. The van der Waals surface area contributed by atoms with Crippen LogP contribution in [0, 0.1) is 6.92 Å². The summed E-state index contributed by atoms with van der Waals surface area (Å²) in [5, 5.41) is 6.29. The van der Waals surface area contributed by atoms with Crippen molar-refractivity contribution in [3.63, 3.8) is 0 Å². The average Bonchev–Trinajstić information content (AvgIpc) is 2.82. The normalized spacial score (nSPS) is 10.6. The number of hydrogen-bond acceptors (Lipinski definition) is 4. The highest BCUT2D eigenvalue weighted by Crippen LogP contribution is 2.20. The van der Waals surface area contributed by atoms with Crippen LogP contribution in [-0.2, 0) is 4.79 Å². The maximum Gasteiger partial charge on any atom is 0.263 e. The van der Waals surface area contributed by atoms with Gasteiger partial charge in [0.2, 0.25) is 0 Å². The highest BCUT2D eigenvalue weighted by molar-refractivity contribution is 5.90. The van der Waals surface area contributed by atoms with Crippen molar-refractivity contribution in [1.29, 1.82) is 0 Å². The van der Waals surface area contributed by atoms with Gasteiger partial charge in [0.15, 0.2) is 12.4 Å². The topological polar surface area (TPSA) is 64.4 Å². The Morgan fingerprint density at radius 1 is 1.40 bits per heavy atom. The molecule has 0 atom stereocenters. The lowest BCUT2D eigenvalue weighted by Gasteiger charge is -2.09. The van der Waals surface area contributed by atoms with Crippen molar-refractivity contribution in [1.82, 2.24) is 5.16 Å². The van der Waals surface area contributed by atoms with E-state index < -0.39 is 0 Å². The number of aryl methyl sites for hydroxylation is 1. The van der Waals surface area contributed by atoms with Gasteiger partial charge in [-0.15, -0.1) is 0 Å². The zero-order valence-electron chi connectivity index (χ0n) is 11.8. The van der Waals surface area contributed by atoms with Crippen LogP contribution in [0.15, 0.2) is 34.9 Å². The molecule has 2 rings (SSSR count). The molecule has 5 heteroatoms. The summed E-state index contributed by atoms with van der Waals surface area (Å²) in [4.78, 5) is 11.7. The predicted molar refractivity (Wildman–Crippen MR) is 75.9 cm³/mol. The number of rotatable bonds is 5. The van der Waals surface area contributed by atoms with E-state index in [1.807, 2.05) is 24.3 Å². The van der Waals surface area contributed by atoms with Gasteiger partial charge in [0.1, 0.15) is 11.5 Å². The maximum atomic E-state index is 11.7. The number of carbonyl (C=O) groups excluding carboxylic acids is 1. The Morgan fingerprint density at radius 2 is 2.20 bits per heavy atom. The molecule has 0 aliphatic rings. The Kier molecular flexibility index (Phi) is 4.40. The fourth-order valence-electron chi connectivity index (χ4n) is 1.72. The third-order valence-corrected chi connectivity index (χ3v) is 2.79. The van der Waals surface area contributed by atoms with Gasteiger partial charge in [-0.25, -0.2) is 0 Å². The molecule has 1 N–H and O–H groups in total. The molecular formula is C15H18N2O3. The minimum Gasteiger partial charge on any atom is -0.484 e. The second-order valence-electron chi connectivity index (χ2n) is 4.89. The zero-order valence-corrected chi connectivity index (χ0v) is 11.8. The fourth-order valence-corrected chi connectivity index (χ4v) is 1.72. The lowest BCUT2D eigenvalue weighted by Crippen LogP contribution is -2.20. The first-order valence-corrected chi connectivity index (χ1v) is 6.50. The first-order chi connectivity index (χ1) is 9.54. The van der Waals surface area contributed by atoms with Gasteiger partial charge in [-0.1, -0.05) is 31.1 Å². The van der Waals surface area contributed by atoms with Crippen molar-refractivity contribution in [2.75, 3.05) is 11.9 Å². The van der Waals surface area contributed by atoms with Crippen molar-refractivity contribution in [2.45, 2.75) is 26.7 Å². The Morgan fingerprint density at radius 3 is 2.85 bits per heavy atom. The number of anilines is 1. The largest absolute Gasteiger partial charge is 0.484 e. The van der Waals surface area contributed by atoms with Crippen molar-refractivity contribution in [3.8, 4) is 5.75 Å². The number of nitrogens with one attached hydrogen (secondary N) is 1. The number of aromatic nitrogens is 1. The van der Waals surface area contributed by atoms with E-state index >= 15 is 0 Å². The molecule has 20 heavy (non-hydrogen) atoms. The fraction of sp³-hybridized carbons (Fsp3) is 0.333. The second-order valence-corrected chi connectivity index (χ2v) is 4.89. The van der Waals surface area contributed by atoms with Crippen molar-refractivity contribution in [3.05, 3.63) is 41.7 Å². The van der Waals surface area contributed by atoms with E-state index in [0.717, 1.165) is 0 Å². The number of hydrogen-bond donors (Lipinski definition) is 1. The number of ether oxygens (including phenoxy) is 1. The Hall–Kier alpha value is -2.30. The minimum absolute atomic E-state index is 0.0620. The molecule has 0 saturated heterocycles. The van der Waals surface area contributed by atoms with Crippen LogP contribution >= 0.6 is 0 Å². The molecule has 2 aromatic rings. The monoisotopic (exact) mass is 274 g/mol. The zero-order chi connectivity index (χ0) is 14.5. The van der Waals surface area contributed by atoms with Crippen LogP contribution in [-0.4, -0.2) is 17.7 Å². The third-order valence-electron chi connectivity index (χ3n) is 2.79. The summed E-state index contributed by atoms with van der Waals surface area (Å²) in [6.45, 7) is 5.92. The summed E-state index contributed by atoms with van der Waals surface area (Å²) in [6.07, 6.45) is 0. The molecule has 1 heterocycles. The van der Waals surface area contributed by atoms with Gasteiger partial charge >= 0.3 is 0 Å². The molecule has 1 aromatic heterocycles. The molecule has 0 bridgehead atoms. The van der Waals surface area contributed by atoms with Crippen molar-refractivity contribution in [2.24, 2.45) is 0 Å². The summed E-state index contributed by atoms with van der Waals surface area (Å²) < 4.78 is 10.3. The first kappa shape index (κ1) is 14.1. The van der Waals surface area contributed by atoms with E-state index in [2.05, 4.69) is 24.3 Å². The molecule has 0 radical (unpaired) electrons. The molecule has 0 spiro atoms. The Labute approximate surface area is 117 Å². The molecule has 0 fully saturated rings. The highest BCUT2D eigenvalue weighted by atomic mass is 16.5. The summed E-state index contributed by atoms with van der Waals surface area (Å²) in [7, 11) is 0. The van der Waals surface area contributed by atoms with Gasteiger partial charge in [-0.3, -0.25) is 4.79 Å². The molecule has 1 aromatic carbocycles. The number of carbonyl (C=O) groups is 1. The molecule has 1 amide bonds. The van der Waals surface area contributed by atoms with Gasteiger partial charge in [0, 0.05) is 6.07 Å². The van der Waals surface area contributed by atoms with Gasteiger partial charge in [0.05, 0.1) is 0 Å². The highest BCUT2D eigenvalue weighted by Gasteiger charge is 2.07. The van der Waals surface area contributed by atoms with Crippen LogP contribution in [0.25, 0.3) is 0 Å². The van der Waals surface area contributed by atoms with Crippen LogP contribution in [0.2, 0.25) is 0 Å². The van der Waals surface area contributed by atoms with E-state index in [1.165, 1.54) is 5.56 Å². The molecule has 0 saturated carbocycles. The van der Waals surface area contributed by atoms with Gasteiger partial charge in [0.25, 0.3) is 5.91 Å². The standard InChI is InChI=1S/C15H18N2O3/c1-10(2)12-5-4-6-13(8-12)19-9-15(18)16-14-7-11(3)20-17-14/h4-8,10H,9H2,1-3H3,(H,16,17,18). The smallest absolute Gasteiger partial charge is 0.263 e. The molecular weight excluding hydrogens is 256 g/mol. The minimum atomic E-state index is -0.270. The Balaban J connectivity index is 1.88. The maximum absolute atomic E-state index is 11.7. The molecule has 0 aliphatic carbocycles. The summed E-state index contributed by atoms with van der Waals surface area (Å²) >= 11 is 0. The van der Waals surface area contributed by atoms with Crippen LogP contribution in [0.1, 0.15) is 31.1 Å². The van der Waals surface area contributed by atoms with Crippen LogP contribution < -0.4 is 10.1 Å². The lowest BCUT2D eigenvalue weighted by molar-refractivity contribution is -0.118. The van der Waals surface area contributed by atoms with E-state index in [4.69, 9.17) is 9.26 Å². The van der Waals surface area contributed by atoms with Gasteiger partial charge in [-0.2, -0.15) is 0 Å². The van der Waals surface area contributed by atoms with E-state index in [9.17, 15) is 4.79 Å². The molecule has 5 nitrogen and oxygen atoms in total. The summed E-state index contributed by atoms with van der Waals surface area (Å²) in [5.41, 5.74) is 1.18. The van der Waals surface area contributed by atoms with Crippen molar-refractivity contribution < 1.29 is 14.1 Å². The summed E-state index contributed by atoms with van der Waals surface area (Å²) in [6, 6.07) is 9.38. The lowest BCUT2D eigenvalue weighted by atomic mass is 10.0. The van der Waals surface area contributed by atoms with Gasteiger partial charge < -0.3 is 14.6 Å². The first-order valence-electron chi connectivity index (χ1n) is 6.50. The van der Waals surface area contributed by atoms with Crippen LogP contribution in [0.4, 0.5) is 5.82 Å². The van der Waals surface area contributed by atoms with Crippen LogP contribution in [0.5, 0.6) is 5.75 Å². The molecule has 0 unspecified atom stereocenters. The number of benzene rings is 1. The quantitative estimate of drug-likeness (QED) is 0.909. The predicted octanol–water partition coefficient (Wildman–Crippen LogP) is 3.12. The second kappa shape index (κ2) is 6.23. The van der Waals surface area contributed by atoms with E-state index in [-0.39, 0.29) is 12.5 Å². The number of amides is 1. The van der Waals surface area contributed by atoms with Gasteiger partial charge in [-0.05, 0) is 30.5 Å². The van der Waals surface area contributed by atoms with E-state index in [1.54, 1.807) is 13.0 Å². The average molecular weight is 274 g/mol.